The van der Waals surface area contributed by atoms with Crippen molar-refractivity contribution in [1.82, 2.24) is 39.2 Å². The van der Waals surface area contributed by atoms with Gasteiger partial charge in [0, 0.05) is 24.9 Å². The molecule has 1 aliphatic carbocycles. The van der Waals surface area contributed by atoms with Gasteiger partial charge in [0.15, 0.2) is 5.82 Å². The summed E-state index contributed by atoms with van der Waals surface area (Å²) in [5.74, 6) is 5.01. The van der Waals surface area contributed by atoms with E-state index in [4.69, 9.17) is 9.97 Å². The third kappa shape index (κ3) is 3.27. The van der Waals surface area contributed by atoms with Crippen LogP contribution in [0, 0.1) is 13.8 Å². The third-order valence-electron chi connectivity index (χ3n) is 5.62. The maximum Gasteiger partial charge on any atom is 0.159 e. The first-order valence-corrected chi connectivity index (χ1v) is 10.3. The summed E-state index contributed by atoms with van der Waals surface area (Å²) in [4.78, 5) is 21.0. The highest BCUT2D eigenvalue weighted by molar-refractivity contribution is 5.76. The van der Waals surface area contributed by atoms with Crippen molar-refractivity contribution >= 4 is 11.0 Å². The molecular formula is C22H26N8. The molecule has 0 amide bonds. The van der Waals surface area contributed by atoms with Gasteiger partial charge >= 0.3 is 0 Å². The maximum atomic E-state index is 4.89. The molecule has 2 unspecified atom stereocenters. The molecule has 8 nitrogen and oxygen atoms in total. The van der Waals surface area contributed by atoms with Crippen molar-refractivity contribution in [3.63, 3.8) is 0 Å². The van der Waals surface area contributed by atoms with Gasteiger partial charge in [-0.1, -0.05) is 12.1 Å². The molecule has 4 aromatic rings. The average molecular weight is 403 g/mol. The van der Waals surface area contributed by atoms with Crippen LogP contribution in [-0.2, 0) is 13.6 Å². The van der Waals surface area contributed by atoms with Gasteiger partial charge in [-0.15, -0.1) is 5.10 Å². The molecule has 0 saturated heterocycles. The summed E-state index contributed by atoms with van der Waals surface area (Å²) in [6, 6.07) is 10.4. The van der Waals surface area contributed by atoms with E-state index in [0.717, 1.165) is 46.7 Å². The molecule has 3 heterocycles. The predicted octanol–water partition coefficient (Wildman–Crippen LogP) is 2.89. The molecule has 5 rings (SSSR count). The lowest BCUT2D eigenvalue weighted by Gasteiger charge is -2.11. The van der Waals surface area contributed by atoms with Gasteiger partial charge in [-0.2, -0.15) is 4.68 Å². The second kappa shape index (κ2) is 6.98. The first-order valence-electron chi connectivity index (χ1n) is 10.3. The molecule has 0 spiro atoms. The van der Waals surface area contributed by atoms with Gasteiger partial charge in [0.25, 0.3) is 0 Å². The van der Waals surface area contributed by atoms with Crippen LogP contribution >= 0.6 is 0 Å². The molecule has 1 aromatic carbocycles. The summed E-state index contributed by atoms with van der Waals surface area (Å²) < 4.78 is 4.06. The standard InChI is InChI=1S/C22H26N8/c1-13-23-18(11-20(24-13)30-21(12-28(3)4)25-14(2)27-30)15-10-16(15)22-26-17-8-6-7-9-19(17)29(22)5/h6-9,11,15-16H,10,12H2,1-5H3. The second-order valence-corrected chi connectivity index (χ2v) is 8.39. The molecule has 1 aliphatic rings. The Morgan fingerprint density at radius 2 is 1.80 bits per heavy atom. The van der Waals surface area contributed by atoms with Gasteiger partial charge in [-0.3, -0.25) is 0 Å². The van der Waals surface area contributed by atoms with Gasteiger partial charge in [0.05, 0.1) is 23.3 Å². The molecule has 1 fully saturated rings. The highest BCUT2D eigenvalue weighted by Gasteiger charge is 2.44. The predicted molar refractivity (Wildman–Crippen MR) is 115 cm³/mol. The summed E-state index contributed by atoms with van der Waals surface area (Å²) in [6.07, 6.45) is 1.05. The van der Waals surface area contributed by atoms with Crippen molar-refractivity contribution in [3.8, 4) is 5.82 Å². The lowest BCUT2D eigenvalue weighted by atomic mass is 10.2. The Morgan fingerprint density at radius 1 is 1.00 bits per heavy atom. The van der Waals surface area contributed by atoms with Gasteiger partial charge in [-0.25, -0.2) is 19.9 Å². The van der Waals surface area contributed by atoms with E-state index in [1.807, 2.05) is 38.7 Å². The summed E-state index contributed by atoms with van der Waals surface area (Å²) in [5, 5.41) is 4.59. The van der Waals surface area contributed by atoms with Crippen LogP contribution in [0.4, 0.5) is 0 Å². The first-order chi connectivity index (χ1) is 14.4. The van der Waals surface area contributed by atoms with Crippen LogP contribution in [0.2, 0.25) is 0 Å². The molecule has 0 radical (unpaired) electrons. The molecule has 8 heteroatoms. The fourth-order valence-electron chi connectivity index (χ4n) is 4.20. The van der Waals surface area contributed by atoms with Crippen LogP contribution in [-0.4, -0.2) is 53.3 Å². The first kappa shape index (κ1) is 18.9. The van der Waals surface area contributed by atoms with Gasteiger partial charge < -0.3 is 9.47 Å². The molecule has 0 bridgehead atoms. The van der Waals surface area contributed by atoms with Crippen molar-refractivity contribution in [2.75, 3.05) is 14.1 Å². The fourth-order valence-corrected chi connectivity index (χ4v) is 4.20. The number of fused-ring (bicyclic) bond motifs is 1. The van der Waals surface area contributed by atoms with E-state index in [9.17, 15) is 0 Å². The molecule has 154 valence electrons. The van der Waals surface area contributed by atoms with Crippen molar-refractivity contribution in [1.29, 1.82) is 0 Å². The Hall–Kier alpha value is -3.13. The molecule has 1 saturated carbocycles. The van der Waals surface area contributed by atoms with Crippen molar-refractivity contribution in [2.24, 2.45) is 7.05 Å². The zero-order valence-corrected chi connectivity index (χ0v) is 18.0. The summed E-state index contributed by atoms with van der Waals surface area (Å²) in [6.45, 7) is 4.55. The van der Waals surface area contributed by atoms with E-state index in [2.05, 4.69) is 55.8 Å². The van der Waals surface area contributed by atoms with Gasteiger partial charge in [0.1, 0.15) is 23.3 Å². The SMILES string of the molecule is Cc1nc(C2CC2c2nc3ccccc3n2C)cc(-n2nc(C)nc2CN(C)C)n1. The average Bonchev–Trinajstić information content (AvgIpc) is 3.31. The number of hydrogen-bond acceptors (Lipinski definition) is 6. The van der Waals surface area contributed by atoms with E-state index in [-0.39, 0.29) is 0 Å². The number of nitrogens with zero attached hydrogens (tertiary/aromatic N) is 8. The van der Waals surface area contributed by atoms with Crippen molar-refractivity contribution in [2.45, 2.75) is 38.6 Å². The molecule has 0 aliphatic heterocycles. The monoisotopic (exact) mass is 402 g/mol. The Bertz CT molecular complexity index is 1240. The normalized spacial score (nSPS) is 18.5. The lowest BCUT2D eigenvalue weighted by Crippen LogP contribution is -2.16. The fraction of sp³-hybridized carbons (Fsp3) is 0.409. The van der Waals surface area contributed by atoms with E-state index in [1.54, 1.807) is 0 Å². The number of imidazole rings is 1. The van der Waals surface area contributed by atoms with Gasteiger partial charge in [-0.05, 0) is 46.5 Å². The molecular weight excluding hydrogens is 376 g/mol. The highest BCUT2D eigenvalue weighted by atomic mass is 15.4. The minimum atomic E-state index is 0.350. The van der Waals surface area contributed by atoms with Crippen LogP contribution < -0.4 is 0 Å². The summed E-state index contributed by atoms with van der Waals surface area (Å²) in [5.41, 5.74) is 3.27. The van der Waals surface area contributed by atoms with E-state index < -0.39 is 0 Å². The lowest BCUT2D eigenvalue weighted by molar-refractivity contribution is 0.385. The topological polar surface area (TPSA) is 77.5 Å². The maximum absolute atomic E-state index is 4.89. The largest absolute Gasteiger partial charge is 0.331 e. The quantitative estimate of drug-likeness (QED) is 0.511. The molecule has 0 N–H and O–H groups in total. The number of aromatic nitrogens is 7. The molecule has 30 heavy (non-hydrogen) atoms. The van der Waals surface area contributed by atoms with E-state index in [0.29, 0.717) is 18.4 Å². The third-order valence-corrected chi connectivity index (χ3v) is 5.62. The second-order valence-electron chi connectivity index (χ2n) is 8.39. The Morgan fingerprint density at radius 3 is 2.57 bits per heavy atom. The van der Waals surface area contributed by atoms with Crippen molar-refractivity contribution in [3.05, 3.63) is 59.3 Å². The summed E-state index contributed by atoms with van der Waals surface area (Å²) in [7, 11) is 6.15. The van der Waals surface area contributed by atoms with Crippen LogP contribution in [0.5, 0.6) is 0 Å². The number of rotatable bonds is 5. The van der Waals surface area contributed by atoms with E-state index >= 15 is 0 Å². The number of aryl methyl sites for hydroxylation is 3. The number of benzene rings is 1. The highest BCUT2D eigenvalue weighted by Crippen LogP contribution is 2.54. The van der Waals surface area contributed by atoms with Crippen LogP contribution in [0.3, 0.4) is 0 Å². The Kier molecular flexibility index (Phi) is 4.39. The Balaban J connectivity index is 1.49. The molecule has 2 atom stereocenters. The Labute approximate surface area is 175 Å². The zero-order valence-electron chi connectivity index (χ0n) is 18.0. The van der Waals surface area contributed by atoms with Crippen molar-refractivity contribution < 1.29 is 0 Å². The van der Waals surface area contributed by atoms with Crippen LogP contribution in [0.25, 0.3) is 16.9 Å². The summed E-state index contributed by atoms with van der Waals surface area (Å²) >= 11 is 0. The van der Waals surface area contributed by atoms with E-state index in [1.165, 1.54) is 5.52 Å². The zero-order chi connectivity index (χ0) is 21.0. The van der Waals surface area contributed by atoms with Crippen LogP contribution in [0.15, 0.2) is 30.3 Å². The van der Waals surface area contributed by atoms with Gasteiger partial charge in [0.2, 0.25) is 0 Å². The minimum absolute atomic E-state index is 0.350. The minimum Gasteiger partial charge on any atom is -0.331 e. The molecule has 3 aromatic heterocycles. The number of para-hydroxylation sites is 2. The smallest absolute Gasteiger partial charge is 0.159 e. The van der Waals surface area contributed by atoms with Crippen LogP contribution in [0.1, 0.15) is 47.2 Å². The number of hydrogen-bond donors (Lipinski definition) is 0.